The maximum Gasteiger partial charge on any atom is 0.139 e. The van der Waals surface area contributed by atoms with E-state index in [0.29, 0.717) is 10.6 Å². The first kappa shape index (κ1) is 12.0. The van der Waals surface area contributed by atoms with Crippen LogP contribution in [0, 0.1) is 5.82 Å². The van der Waals surface area contributed by atoms with E-state index in [-0.39, 0.29) is 5.82 Å². The molecule has 2 aromatic carbocycles. The van der Waals surface area contributed by atoms with Gasteiger partial charge in [0.1, 0.15) is 5.82 Å². The predicted molar refractivity (Wildman–Crippen MR) is 70.8 cm³/mol. The standard InChI is InChI=1S/C14H14FNS/c1-2-10-3-6-12(7-4-10)17-14-8-5-11(16)9-13(14)15/h3-9H,2,16H2,1H3. The Hall–Kier alpha value is -1.48. The monoisotopic (exact) mass is 247 g/mol. The van der Waals surface area contributed by atoms with Crippen molar-refractivity contribution in [1.29, 1.82) is 0 Å². The second-order valence-corrected chi connectivity index (χ2v) is 4.90. The molecule has 2 rings (SSSR count). The zero-order valence-corrected chi connectivity index (χ0v) is 10.4. The van der Waals surface area contributed by atoms with E-state index in [1.54, 1.807) is 12.1 Å². The summed E-state index contributed by atoms with van der Waals surface area (Å²) in [5.74, 6) is -0.269. The molecule has 0 spiro atoms. The van der Waals surface area contributed by atoms with Gasteiger partial charge in [-0.1, -0.05) is 30.8 Å². The second kappa shape index (κ2) is 5.23. The topological polar surface area (TPSA) is 26.0 Å². The second-order valence-electron chi connectivity index (χ2n) is 3.79. The van der Waals surface area contributed by atoms with E-state index in [1.165, 1.54) is 23.4 Å². The number of rotatable bonds is 3. The lowest BCUT2D eigenvalue weighted by Gasteiger charge is -2.05. The van der Waals surface area contributed by atoms with Crippen molar-refractivity contribution in [2.24, 2.45) is 0 Å². The third kappa shape index (κ3) is 3.01. The summed E-state index contributed by atoms with van der Waals surface area (Å²) in [6, 6.07) is 12.9. The van der Waals surface area contributed by atoms with E-state index in [0.717, 1.165) is 11.3 Å². The van der Waals surface area contributed by atoms with Crippen molar-refractivity contribution < 1.29 is 4.39 Å². The molecule has 88 valence electrons. The molecule has 0 aliphatic carbocycles. The first-order valence-corrected chi connectivity index (χ1v) is 6.32. The molecule has 0 radical (unpaired) electrons. The van der Waals surface area contributed by atoms with Gasteiger partial charge in [-0.2, -0.15) is 0 Å². The predicted octanol–water partition coefficient (Wildman–Crippen LogP) is 4.12. The minimum absolute atomic E-state index is 0.269. The molecule has 0 aromatic heterocycles. The maximum atomic E-state index is 13.6. The van der Waals surface area contributed by atoms with Gasteiger partial charge >= 0.3 is 0 Å². The molecule has 0 unspecified atom stereocenters. The SMILES string of the molecule is CCc1ccc(Sc2ccc(N)cc2F)cc1. The van der Waals surface area contributed by atoms with Gasteiger partial charge in [0.15, 0.2) is 0 Å². The highest BCUT2D eigenvalue weighted by atomic mass is 32.2. The first-order chi connectivity index (χ1) is 8.19. The molecule has 0 aliphatic rings. The fraction of sp³-hybridized carbons (Fsp3) is 0.143. The lowest BCUT2D eigenvalue weighted by molar-refractivity contribution is 0.603. The van der Waals surface area contributed by atoms with Gasteiger partial charge in [0, 0.05) is 15.5 Å². The Kier molecular flexibility index (Phi) is 3.69. The zero-order valence-electron chi connectivity index (χ0n) is 9.61. The molecule has 0 heterocycles. The van der Waals surface area contributed by atoms with Crippen molar-refractivity contribution in [3.8, 4) is 0 Å². The Bertz CT molecular complexity index is 508. The van der Waals surface area contributed by atoms with E-state index in [1.807, 2.05) is 12.1 Å². The Labute approximate surface area is 105 Å². The normalized spacial score (nSPS) is 10.5. The Morgan fingerprint density at radius 3 is 2.41 bits per heavy atom. The van der Waals surface area contributed by atoms with Gasteiger partial charge in [0.2, 0.25) is 0 Å². The summed E-state index contributed by atoms with van der Waals surface area (Å²) in [4.78, 5) is 1.63. The lowest BCUT2D eigenvalue weighted by atomic mass is 10.2. The summed E-state index contributed by atoms with van der Waals surface area (Å²) in [7, 11) is 0. The highest BCUT2D eigenvalue weighted by Gasteiger charge is 2.04. The smallest absolute Gasteiger partial charge is 0.139 e. The molecule has 0 bridgehead atoms. The third-order valence-electron chi connectivity index (χ3n) is 2.52. The van der Waals surface area contributed by atoms with Crippen LogP contribution in [-0.2, 0) is 6.42 Å². The Balaban J connectivity index is 2.19. The Morgan fingerprint density at radius 1 is 1.12 bits per heavy atom. The Morgan fingerprint density at radius 2 is 1.82 bits per heavy atom. The van der Waals surface area contributed by atoms with Gasteiger partial charge < -0.3 is 5.73 Å². The fourth-order valence-corrected chi connectivity index (χ4v) is 2.34. The minimum atomic E-state index is -0.269. The number of hydrogen-bond acceptors (Lipinski definition) is 2. The van der Waals surface area contributed by atoms with Gasteiger partial charge in [-0.15, -0.1) is 0 Å². The molecule has 0 aliphatic heterocycles. The van der Waals surface area contributed by atoms with E-state index < -0.39 is 0 Å². The number of nitrogen functional groups attached to an aromatic ring is 1. The summed E-state index contributed by atoms with van der Waals surface area (Å²) < 4.78 is 13.6. The number of aryl methyl sites for hydroxylation is 1. The van der Waals surface area contributed by atoms with Crippen LogP contribution in [0.2, 0.25) is 0 Å². The first-order valence-electron chi connectivity index (χ1n) is 5.51. The van der Waals surface area contributed by atoms with Crippen LogP contribution >= 0.6 is 11.8 Å². The van der Waals surface area contributed by atoms with Gasteiger partial charge in [-0.3, -0.25) is 0 Å². The minimum Gasteiger partial charge on any atom is -0.399 e. The number of halogens is 1. The van der Waals surface area contributed by atoms with Crippen molar-refractivity contribution in [2.75, 3.05) is 5.73 Å². The molecular formula is C14H14FNS. The highest BCUT2D eigenvalue weighted by Crippen LogP contribution is 2.30. The van der Waals surface area contributed by atoms with Crippen LogP contribution < -0.4 is 5.73 Å². The lowest BCUT2D eigenvalue weighted by Crippen LogP contribution is -1.88. The summed E-state index contributed by atoms with van der Waals surface area (Å²) in [5, 5.41) is 0. The van der Waals surface area contributed by atoms with E-state index >= 15 is 0 Å². The van der Waals surface area contributed by atoms with Crippen LogP contribution in [0.25, 0.3) is 0 Å². The fourth-order valence-electron chi connectivity index (χ4n) is 1.52. The molecule has 2 aromatic rings. The van der Waals surface area contributed by atoms with Crippen LogP contribution in [0.3, 0.4) is 0 Å². The summed E-state index contributed by atoms with van der Waals surface area (Å²) in [6.45, 7) is 2.11. The van der Waals surface area contributed by atoms with Crippen molar-refractivity contribution >= 4 is 17.4 Å². The average molecular weight is 247 g/mol. The van der Waals surface area contributed by atoms with Gasteiger partial charge in [0.05, 0.1) is 0 Å². The van der Waals surface area contributed by atoms with Crippen molar-refractivity contribution in [3.63, 3.8) is 0 Å². The number of anilines is 1. The van der Waals surface area contributed by atoms with E-state index in [2.05, 4.69) is 19.1 Å². The third-order valence-corrected chi connectivity index (χ3v) is 3.57. The van der Waals surface area contributed by atoms with E-state index in [4.69, 9.17) is 5.73 Å². The van der Waals surface area contributed by atoms with Gasteiger partial charge in [-0.05, 0) is 42.3 Å². The maximum absolute atomic E-state index is 13.6. The summed E-state index contributed by atoms with van der Waals surface area (Å²) in [6.07, 6.45) is 1.02. The largest absolute Gasteiger partial charge is 0.399 e. The van der Waals surface area contributed by atoms with Crippen LogP contribution in [0.5, 0.6) is 0 Å². The van der Waals surface area contributed by atoms with Crippen LogP contribution in [-0.4, -0.2) is 0 Å². The molecule has 0 amide bonds. The van der Waals surface area contributed by atoms with Crippen LogP contribution in [0.4, 0.5) is 10.1 Å². The van der Waals surface area contributed by atoms with Crippen LogP contribution in [0.1, 0.15) is 12.5 Å². The zero-order chi connectivity index (χ0) is 12.3. The van der Waals surface area contributed by atoms with Crippen molar-refractivity contribution in [1.82, 2.24) is 0 Å². The summed E-state index contributed by atoms with van der Waals surface area (Å²) in [5.41, 5.74) is 7.25. The molecular weight excluding hydrogens is 233 g/mol. The van der Waals surface area contributed by atoms with Crippen molar-refractivity contribution in [2.45, 2.75) is 23.1 Å². The molecule has 0 fully saturated rings. The van der Waals surface area contributed by atoms with Gasteiger partial charge in [0.25, 0.3) is 0 Å². The molecule has 0 atom stereocenters. The molecule has 3 heteroatoms. The molecule has 0 saturated carbocycles. The van der Waals surface area contributed by atoms with Crippen molar-refractivity contribution in [3.05, 3.63) is 53.8 Å². The number of nitrogens with two attached hydrogens (primary N) is 1. The molecule has 2 N–H and O–H groups in total. The quantitative estimate of drug-likeness (QED) is 0.826. The number of benzene rings is 2. The van der Waals surface area contributed by atoms with E-state index in [9.17, 15) is 4.39 Å². The molecule has 1 nitrogen and oxygen atoms in total. The highest BCUT2D eigenvalue weighted by molar-refractivity contribution is 7.99. The van der Waals surface area contributed by atoms with Crippen LogP contribution in [0.15, 0.2) is 52.3 Å². The number of hydrogen-bond donors (Lipinski definition) is 1. The van der Waals surface area contributed by atoms with Gasteiger partial charge in [-0.25, -0.2) is 4.39 Å². The summed E-state index contributed by atoms with van der Waals surface area (Å²) >= 11 is 1.41. The molecule has 0 saturated heterocycles. The average Bonchev–Trinajstić information content (AvgIpc) is 2.34. The molecule has 17 heavy (non-hydrogen) atoms.